The van der Waals surface area contributed by atoms with Crippen LogP contribution in [-0.2, 0) is 4.74 Å². The number of hydrogen-bond donors (Lipinski definition) is 4. The highest BCUT2D eigenvalue weighted by atomic mass is 16.5. The van der Waals surface area contributed by atoms with Crippen molar-refractivity contribution in [2.45, 2.75) is 0 Å². The highest BCUT2D eigenvalue weighted by Gasteiger charge is 2.19. The first-order valence-corrected chi connectivity index (χ1v) is 13.3. The van der Waals surface area contributed by atoms with Gasteiger partial charge in [0, 0.05) is 75.5 Å². The molecule has 0 unspecified atom stereocenters. The molecule has 2 aliphatic heterocycles. The summed E-state index contributed by atoms with van der Waals surface area (Å²) in [4.78, 5) is 27.9. The minimum Gasteiger partial charge on any atom is -0.395 e. The van der Waals surface area contributed by atoms with E-state index in [2.05, 4.69) is 47.3 Å². The van der Waals surface area contributed by atoms with Crippen LogP contribution in [0.15, 0.2) is 36.4 Å². The molecule has 2 fully saturated rings. The first kappa shape index (κ1) is 24.8. The van der Waals surface area contributed by atoms with Crippen LogP contribution in [0.1, 0.15) is 10.4 Å². The lowest BCUT2D eigenvalue weighted by Gasteiger charge is -2.35. The predicted octanol–water partition coefficient (Wildman–Crippen LogP) is 1.28. The summed E-state index contributed by atoms with van der Waals surface area (Å²) in [5.41, 5.74) is 5.13. The largest absolute Gasteiger partial charge is 0.395 e. The van der Waals surface area contributed by atoms with E-state index in [-0.39, 0.29) is 12.5 Å². The number of carbonyl (C=O) groups excluding carboxylic acids is 1. The second kappa shape index (κ2) is 11.1. The van der Waals surface area contributed by atoms with E-state index >= 15 is 0 Å². The number of nitrogens with one attached hydrogen (secondary N) is 3. The number of piperazine rings is 1. The molecule has 0 spiro atoms. The number of benzene rings is 2. The molecule has 4 N–H and O–H groups in total. The van der Waals surface area contributed by atoms with Crippen molar-refractivity contribution in [2.75, 3.05) is 83.6 Å². The molecule has 4 heterocycles. The van der Waals surface area contributed by atoms with Gasteiger partial charge in [-0.3, -0.25) is 19.7 Å². The molecular weight excluding hydrogens is 484 g/mol. The second-order valence-electron chi connectivity index (χ2n) is 9.88. The molecule has 200 valence electrons. The summed E-state index contributed by atoms with van der Waals surface area (Å²) in [6, 6.07) is 11.9. The highest BCUT2D eigenvalue weighted by Crippen LogP contribution is 2.29. The number of fused-ring (bicyclic) bond motifs is 2. The molecule has 0 saturated carbocycles. The molecule has 0 bridgehead atoms. The van der Waals surface area contributed by atoms with Gasteiger partial charge in [0.1, 0.15) is 5.69 Å². The summed E-state index contributed by atoms with van der Waals surface area (Å²) >= 11 is 0. The molecule has 2 aliphatic rings. The molecule has 2 aromatic heterocycles. The third kappa shape index (κ3) is 5.23. The predicted molar refractivity (Wildman–Crippen MR) is 147 cm³/mol. The van der Waals surface area contributed by atoms with Crippen molar-refractivity contribution in [2.24, 2.45) is 0 Å². The van der Waals surface area contributed by atoms with Crippen LogP contribution in [0.4, 0.5) is 5.69 Å². The number of imidazole rings is 1. The summed E-state index contributed by atoms with van der Waals surface area (Å²) in [6.07, 6.45) is 0. The van der Waals surface area contributed by atoms with E-state index in [9.17, 15) is 9.90 Å². The SMILES string of the molecule is O=C(NCCN1CCOCC1)c1ccc2c(-c3nc4ccc(N5CCN(CCO)CC5)cc4[nH]3)n[nH]c2c1. The lowest BCUT2D eigenvalue weighted by molar-refractivity contribution is 0.0383. The Morgan fingerprint density at radius 2 is 1.79 bits per heavy atom. The van der Waals surface area contributed by atoms with E-state index in [4.69, 9.17) is 9.72 Å². The average molecular weight is 519 g/mol. The summed E-state index contributed by atoms with van der Waals surface area (Å²) in [5.74, 6) is 0.601. The van der Waals surface area contributed by atoms with Crippen LogP contribution in [0.3, 0.4) is 0 Å². The number of rotatable bonds is 8. The first-order chi connectivity index (χ1) is 18.7. The van der Waals surface area contributed by atoms with Crippen LogP contribution in [0.2, 0.25) is 0 Å². The van der Waals surface area contributed by atoms with Crippen molar-refractivity contribution in [1.29, 1.82) is 0 Å². The zero-order valence-electron chi connectivity index (χ0n) is 21.4. The second-order valence-corrected chi connectivity index (χ2v) is 9.88. The molecule has 6 rings (SSSR count). The van der Waals surface area contributed by atoms with Crippen molar-refractivity contribution in [1.82, 2.24) is 35.3 Å². The number of amides is 1. The zero-order chi connectivity index (χ0) is 25.9. The quantitative estimate of drug-likeness (QED) is 0.275. The maximum absolute atomic E-state index is 12.7. The van der Waals surface area contributed by atoms with Gasteiger partial charge in [-0.25, -0.2) is 4.98 Å². The monoisotopic (exact) mass is 518 g/mol. The number of aliphatic hydroxyl groups is 1. The third-order valence-corrected chi connectivity index (χ3v) is 7.49. The minimum absolute atomic E-state index is 0.0928. The third-order valence-electron chi connectivity index (χ3n) is 7.49. The van der Waals surface area contributed by atoms with Gasteiger partial charge in [0.15, 0.2) is 5.82 Å². The van der Waals surface area contributed by atoms with Crippen LogP contribution in [-0.4, -0.2) is 120 Å². The maximum atomic E-state index is 12.7. The number of anilines is 1. The van der Waals surface area contributed by atoms with Gasteiger partial charge in [-0.1, -0.05) is 0 Å². The van der Waals surface area contributed by atoms with E-state index < -0.39 is 0 Å². The Morgan fingerprint density at radius 1 is 0.974 bits per heavy atom. The number of β-amino-alcohol motifs (C(OH)–C–C–N with tert-alkyl or cyclic N) is 1. The van der Waals surface area contributed by atoms with Crippen LogP contribution in [0, 0.1) is 0 Å². The zero-order valence-corrected chi connectivity index (χ0v) is 21.4. The Morgan fingerprint density at radius 3 is 2.61 bits per heavy atom. The molecule has 2 saturated heterocycles. The Bertz CT molecular complexity index is 1400. The average Bonchev–Trinajstić information content (AvgIpc) is 3.57. The van der Waals surface area contributed by atoms with Crippen LogP contribution < -0.4 is 10.2 Å². The minimum atomic E-state index is -0.0928. The normalized spacial score (nSPS) is 17.4. The standard InChI is InChI=1S/C27H34N8O3/c36-14-11-34-7-9-35(10-8-34)20-2-4-22-24(18-20)30-26(29-22)25-21-3-1-19(17-23(21)31-32-25)27(37)28-5-6-33-12-15-38-16-13-33/h1-4,17-18,36H,5-16H2,(H,28,37)(H,29,30)(H,31,32). The van der Waals surface area contributed by atoms with Gasteiger partial charge < -0.3 is 25.0 Å². The number of ether oxygens (including phenoxy) is 1. The lowest BCUT2D eigenvalue weighted by atomic mass is 10.1. The number of morpholine rings is 1. The number of hydrogen-bond acceptors (Lipinski definition) is 8. The number of carbonyl (C=O) groups is 1. The number of aromatic nitrogens is 4. The van der Waals surface area contributed by atoms with E-state index in [1.807, 2.05) is 24.3 Å². The Balaban J connectivity index is 1.14. The molecule has 0 aliphatic carbocycles. The molecule has 11 heteroatoms. The summed E-state index contributed by atoms with van der Waals surface area (Å²) in [7, 11) is 0. The smallest absolute Gasteiger partial charge is 0.251 e. The maximum Gasteiger partial charge on any atom is 0.251 e. The van der Waals surface area contributed by atoms with Gasteiger partial charge in [-0.2, -0.15) is 5.10 Å². The molecule has 0 atom stereocenters. The van der Waals surface area contributed by atoms with Crippen molar-refractivity contribution in [3.05, 3.63) is 42.0 Å². The van der Waals surface area contributed by atoms with E-state index in [0.717, 1.165) is 98.9 Å². The Kier molecular flexibility index (Phi) is 7.23. The van der Waals surface area contributed by atoms with Gasteiger partial charge in [-0.05, 0) is 36.4 Å². The molecule has 1 amide bonds. The van der Waals surface area contributed by atoms with Crippen LogP contribution >= 0.6 is 0 Å². The number of aromatic amines is 2. The lowest BCUT2D eigenvalue weighted by Crippen LogP contribution is -2.47. The van der Waals surface area contributed by atoms with Crippen molar-refractivity contribution >= 4 is 33.5 Å². The molecule has 38 heavy (non-hydrogen) atoms. The van der Waals surface area contributed by atoms with E-state index in [1.54, 1.807) is 0 Å². The topological polar surface area (TPSA) is 126 Å². The fourth-order valence-electron chi connectivity index (χ4n) is 5.27. The molecule has 2 aromatic carbocycles. The van der Waals surface area contributed by atoms with Crippen LogP contribution in [0.5, 0.6) is 0 Å². The Labute approximate surface area is 220 Å². The molecule has 11 nitrogen and oxygen atoms in total. The molecule has 4 aromatic rings. The molecule has 0 radical (unpaired) electrons. The van der Waals surface area contributed by atoms with Crippen molar-refractivity contribution in [3.8, 4) is 11.5 Å². The molecular formula is C27H34N8O3. The van der Waals surface area contributed by atoms with E-state index in [0.29, 0.717) is 17.9 Å². The number of nitrogens with zero attached hydrogens (tertiary/aromatic N) is 5. The summed E-state index contributed by atoms with van der Waals surface area (Å²) in [6.45, 7) is 9.42. The fraction of sp³-hybridized carbons (Fsp3) is 0.444. The highest BCUT2D eigenvalue weighted by molar-refractivity contribution is 6.00. The van der Waals surface area contributed by atoms with Crippen molar-refractivity contribution < 1.29 is 14.6 Å². The van der Waals surface area contributed by atoms with E-state index in [1.165, 1.54) is 0 Å². The number of aliphatic hydroxyl groups excluding tert-OH is 1. The van der Waals surface area contributed by atoms with Gasteiger partial charge >= 0.3 is 0 Å². The first-order valence-electron chi connectivity index (χ1n) is 13.3. The van der Waals surface area contributed by atoms with Crippen LogP contribution in [0.25, 0.3) is 33.5 Å². The summed E-state index contributed by atoms with van der Waals surface area (Å²) in [5, 5.41) is 20.7. The van der Waals surface area contributed by atoms with Gasteiger partial charge in [0.25, 0.3) is 5.91 Å². The number of H-pyrrole nitrogens is 2. The summed E-state index contributed by atoms with van der Waals surface area (Å²) < 4.78 is 5.37. The van der Waals surface area contributed by atoms with Gasteiger partial charge in [0.05, 0.1) is 36.4 Å². The van der Waals surface area contributed by atoms with Gasteiger partial charge in [0.2, 0.25) is 0 Å². The Hall–Kier alpha value is -3.51. The fourth-order valence-corrected chi connectivity index (χ4v) is 5.27. The van der Waals surface area contributed by atoms with Gasteiger partial charge in [-0.15, -0.1) is 0 Å². The van der Waals surface area contributed by atoms with Crippen molar-refractivity contribution in [3.63, 3.8) is 0 Å².